The minimum Gasteiger partial charge on any atom is -0.392 e. The summed E-state index contributed by atoms with van der Waals surface area (Å²) in [5.41, 5.74) is 0. The second-order valence-corrected chi connectivity index (χ2v) is 5.66. The van der Waals surface area contributed by atoms with E-state index in [1.165, 1.54) is 19.3 Å². The second kappa shape index (κ2) is 2.96. The molecule has 1 aliphatic heterocycles. The van der Waals surface area contributed by atoms with Gasteiger partial charge in [-0.2, -0.15) is 0 Å². The molecule has 0 aromatic rings. The number of epoxide rings is 1. The highest BCUT2D eigenvalue weighted by atomic mass is 16.6. The largest absolute Gasteiger partial charge is 0.392 e. The third kappa shape index (κ3) is 1.17. The van der Waals surface area contributed by atoms with Crippen LogP contribution in [0.2, 0.25) is 0 Å². The Morgan fingerprint density at radius 3 is 2.64 bits per heavy atom. The number of rotatable bonds is 0. The molecule has 3 rings (SSSR count). The summed E-state index contributed by atoms with van der Waals surface area (Å²) in [6.45, 7) is 4.47. The van der Waals surface area contributed by atoms with Crippen molar-refractivity contribution in [2.75, 3.05) is 0 Å². The standard InChI is InChI=1S/C12H20O2/c1-6-3-4-8-5-7(2)11-12(14-11)9(8)10(6)13/h6-13H,3-5H2,1-2H3. The Hall–Kier alpha value is -0.0800. The lowest BCUT2D eigenvalue weighted by molar-refractivity contribution is -0.0296. The predicted molar refractivity (Wildman–Crippen MR) is 53.8 cm³/mol. The number of hydrogen-bond acceptors (Lipinski definition) is 2. The minimum absolute atomic E-state index is 0.101. The third-order valence-electron chi connectivity index (χ3n) is 4.69. The first-order chi connectivity index (χ1) is 6.68. The molecule has 1 heterocycles. The van der Waals surface area contributed by atoms with Crippen LogP contribution in [-0.2, 0) is 4.74 Å². The molecule has 3 aliphatic rings. The van der Waals surface area contributed by atoms with E-state index in [0.29, 0.717) is 24.0 Å². The Labute approximate surface area is 85.6 Å². The molecule has 0 radical (unpaired) electrons. The lowest BCUT2D eigenvalue weighted by Crippen LogP contribution is -2.45. The maximum Gasteiger partial charge on any atom is 0.0900 e. The normalized spacial score (nSPS) is 61.5. The predicted octanol–water partition coefficient (Wildman–Crippen LogP) is 1.82. The Morgan fingerprint density at radius 2 is 1.86 bits per heavy atom. The van der Waals surface area contributed by atoms with Crippen LogP contribution in [0.5, 0.6) is 0 Å². The third-order valence-corrected chi connectivity index (χ3v) is 4.69. The van der Waals surface area contributed by atoms with E-state index in [2.05, 4.69) is 13.8 Å². The van der Waals surface area contributed by atoms with Gasteiger partial charge in [-0.1, -0.05) is 13.8 Å². The van der Waals surface area contributed by atoms with Crippen molar-refractivity contribution in [2.24, 2.45) is 23.7 Å². The van der Waals surface area contributed by atoms with Crippen LogP contribution in [0.1, 0.15) is 33.1 Å². The fourth-order valence-electron chi connectivity index (χ4n) is 3.75. The van der Waals surface area contributed by atoms with Crippen molar-refractivity contribution in [1.29, 1.82) is 0 Å². The van der Waals surface area contributed by atoms with E-state index in [0.717, 1.165) is 11.8 Å². The fraction of sp³-hybridized carbons (Fsp3) is 1.00. The molecule has 2 aliphatic carbocycles. The van der Waals surface area contributed by atoms with E-state index in [-0.39, 0.29) is 6.10 Å². The summed E-state index contributed by atoms with van der Waals surface area (Å²) in [7, 11) is 0. The molecule has 0 spiro atoms. The van der Waals surface area contributed by atoms with Crippen molar-refractivity contribution in [3.8, 4) is 0 Å². The molecule has 7 unspecified atom stereocenters. The lowest BCUT2D eigenvalue weighted by Gasteiger charge is -2.42. The van der Waals surface area contributed by atoms with E-state index in [1.807, 2.05) is 0 Å². The zero-order chi connectivity index (χ0) is 9.87. The number of ether oxygens (including phenoxy) is 1. The van der Waals surface area contributed by atoms with Crippen molar-refractivity contribution in [3.05, 3.63) is 0 Å². The van der Waals surface area contributed by atoms with E-state index in [9.17, 15) is 5.11 Å². The smallest absolute Gasteiger partial charge is 0.0900 e. The van der Waals surface area contributed by atoms with Crippen molar-refractivity contribution >= 4 is 0 Å². The van der Waals surface area contributed by atoms with Crippen molar-refractivity contribution in [1.82, 2.24) is 0 Å². The highest BCUT2D eigenvalue weighted by Gasteiger charge is 2.58. The minimum atomic E-state index is -0.101. The molecule has 0 aromatic carbocycles. The van der Waals surface area contributed by atoms with Gasteiger partial charge in [0.25, 0.3) is 0 Å². The summed E-state index contributed by atoms with van der Waals surface area (Å²) >= 11 is 0. The topological polar surface area (TPSA) is 32.8 Å². The monoisotopic (exact) mass is 196 g/mol. The highest BCUT2D eigenvalue weighted by molar-refractivity contribution is 5.05. The second-order valence-electron chi connectivity index (χ2n) is 5.66. The van der Waals surface area contributed by atoms with Gasteiger partial charge in [0.05, 0.1) is 18.3 Å². The molecule has 1 N–H and O–H groups in total. The van der Waals surface area contributed by atoms with Gasteiger partial charge in [0.1, 0.15) is 0 Å². The number of fused-ring (bicyclic) bond motifs is 3. The van der Waals surface area contributed by atoms with Crippen LogP contribution in [0, 0.1) is 23.7 Å². The summed E-state index contributed by atoms with van der Waals surface area (Å²) < 4.78 is 5.72. The van der Waals surface area contributed by atoms with Crippen LogP contribution < -0.4 is 0 Å². The van der Waals surface area contributed by atoms with E-state index >= 15 is 0 Å². The van der Waals surface area contributed by atoms with E-state index in [4.69, 9.17) is 4.74 Å². The first-order valence-electron chi connectivity index (χ1n) is 6.02. The maximum atomic E-state index is 10.2. The van der Waals surface area contributed by atoms with Gasteiger partial charge >= 0.3 is 0 Å². The lowest BCUT2D eigenvalue weighted by atomic mass is 9.64. The van der Waals surface area contributed by atoms with Gasteiger partial charge in [0, 0.05) is 5.92 Å². The zero-order valence-electron chi connectivity index (χ0n) is 9.02. The molecule has 0 amide bonds. The molecular formula is C12H20O2. The molecule has 80 valence electrons. The van der Waals surface area contributed by atoms with Gasteiger partial charge in [-0.25, -0.2) is 0 Å². The molecule has 0 bridgehead atoms. The van der Waals surface area contributed by atoms with Crippen LogP contribution in [-0.4, -0.2) is 23.4 Å². The van der Waals surface area contributed by atoms with Gasteiger partial charge in [0.15, 0.2) is 0 Å². The summed E-state index contributed by atoms with van der Waals surface area (Å²) in [4.78, 5) is 0. The molecule has 2 nitrogen and oxygen atoms in total. The average Bonchev–Trinajstić information content (AvgIpc) is 2.91. The zero-order valence-corrected chi connectivity index (χ0v) is 9.02. The number of hydrogen-bond donors (Lipinski definition) is 1. The number of aliphatic hydroxyl groups excluding tert-OH is 1. The summed E-state index contributed by atoms with van der Waals surface area (Å²) in [6.07, 6.45) is 4.57. The molecular weight excluding hydrogens is 176 g/mol. The SMILES string of the molecule is CC1CCC2CC(C)C3OC3C2C1O. The van der Waals surface area contributed by atoms with Crippen molar-refractivity contribution in [3.63, 3.8) is 0 Å². The van der Waals surface area contributed by atoms with Gasteiger partial charge < -0.3 is 9.84 Å². The summed E-state index contributed by atoms with van der Waals surface area (Å²) in [5, 5.41) is 10.2. The van der Waals surface area contributed by atoms with Crippen LogP contribution >= 0.6 is 0 Å². The highest BCUT2D eigenvalue weighted by Crippen LogP contribution is 2.53. The Balaban J connectivity index is 1.81. The maximum absolute atomic E-state index is 10.2. The van der Waals surface area contributed by atoms with Crippen LogP contribution in [0.4, 0.5) is 0 Å². The Morgan fingerprint density at radius 1 is 1.07 bits per heavy atom. The van der Waals surface area contributed by atoms with Gasteiger partial charge in [-0.05, 0) is 37.0 Å². The van der Waals surface area contributed by atoms with Gasteiger partial charge in [0.2, 0.25) is 0 Å². The molecule has 2 saturated carbocycles. The fourth-order valence-corrected chi connectivity index (χ4v) is 3.75. The molecule has 14 heavy (non-hydrogen) atoms. The summed E-state index contributed by atoms with van der Waals surface area (Å²) in [5.74, 6) is 2.40. The molecule has 2 heteroatoms. The quantitative estimate of drug-likeness (QED) is 0.599. The molecule has 7 atom stereocenters. The van der Waals surface area contributed by atoms with E-state index < -0.39 is 0 Å². The average molecular weight is 196 g/mol. The molecule has 1 saturated heterocycles. The number of aliphatic hydroxyl groups is 1. The summed E-state index contributed by atoms with van der Waals surface area (Å²) in [6, 6.07) is 0. The first-order valence-corrected chi connectivity index (χ1v) is 6.02. The Bertz CT molecular complexity index is 240. The van der Waals surface area contributed by atoms with Crippen LogP contribution in [0.25, 0.3) is 0 Å². The molecule has 0 aromatic heterocycles. The van der Waals surface area contributed by atoms with Crippen molar-refractivity contribution in [2.45, 2.75) is 51.4 Å². The molecule has 3 fully saturated rings. The van der Waals surface area contributed by atoms with Crippen LogP contribution in [0.15, 0.2) is 0 Å². The van der Waals surface area contributed by atoms with E-state index in [1.54, 1.807) is 0 Å². The Kier molecular flexibility index (Phi) is 1.94. The van der Waals surface area contributed by atoms with Gasteiger partial charge in [-0.15, -0.1) is 0 Å². The van der Waals surface area contributed by atoms with Crippen molar-refractivity contribution < 1.29 is 9.84 Å². The first kappa shape index (κ1) is 9.17. The van der Waals surface area contributed by atoms with Crippen LogP contribution in [0.3, 0.4) is 0 Å². The van der Waals surface area contributed by atoms with Gasteiger partial charge in [-0.3, -0.25) is 0 Å².